The molecule has 0 unspecified atom stereocenters. The minimum atomic E-state index is 0.0808. The molecule has 2 nitrogen and oxygen atoms in total. The summed E-state index contributed by atoms with van der Waals surface area (Å²) in [7, 11) is 4.37. The SMILES string of the molecule is CN1C(C(C)(C)C)=CC(C(C)(C)C)=C/C1=C\C=C\c1cc(C(C)(C)C)cc(C(C)(C)C)[n+]1C. The minimum absolute atomic E-state index is 0.0808. The lowest BCUT2D eigenvalue weighted by Gasteiger charge is -2.38. The summed E-state index contributed by atoms with van der Waals surface area (Å²) in [5.41, 5.74) is 8.29. The maximum Gasteiger partial charge on any atom is 0.205 e. The van der Waals surface area contributed by atoms with Gasteiger partial charge in [0.15, 0.2) is 5.69 Å². The molecule has 0 radical (unpaired) electrons. The molecule has 1 aliphatic rings. The second-order valence-electron chi connectivity index (χ2n) is 13.8. The molecule has 33 heavy (non-hydrogen) atoms. The first-order valence-electron chi connectivity index (χ1n) is 12.3. The molecule has 1 aromatic heterocycles. The van der Waals surface area contributed by atoms with Crippen molar-refractivity contribution in [3.05, 3.63) is 70.4 Å². The number of hydrogen-bond donors (Lipinski definition) is 0. The molecule has 0 N–H and O–H groups in total. The van der Waals surface area contributed by atoms with Gasteiger partial charge in [0, 0.05) is 47.5 Å². The highest BCUT2D eigenvalue weighted by Crippen LogP contribution is 2.39. The van der Waals surface area contributed by atoms with Crippen molar-refractivity contribution < 1.29 is 4.57 Å². The first-order valence-corrected chi connectivity index (χ1v) is 12.3. The zero-order valence-corrected chi connectivity index (χ0v) is 23.9. The predicted molar refractivity (Wildman–Crippen MR) is 145 cm³/mol. The van der Waals surface area contributed by atoms with Crippen LogP contribution in [0.25, 0.3) is 6.08 Å². The zero-order chi connectivity index (χ0) is 25.6. The number of allylic oxidation sites excluding steroid dienone is 6. The van der Waals surface area contributed by atoms with Gasteiger partial charge >= 0.3 is 0 Å². The third kappa shape index (κ3) is 6.49. The molecule has 182 valence electrons. The lowest BCUT2D eigenvalue weighted by molar-refractivity contribution is -0.684. The van der Waals surface area contributed by atoms with Crippen LogP contribution in [0.4, 0.5) is 0 Å². The van der Waals surface area contributed by atoms with E-state index in [4.69, 9.17) is 0 Å². The van der Waals surface area contributed by atoms with Crippen molar-refractivity contribution in [1.82, 2.24) is 4.90 Å². The average molecular weight is 450 g/mol. The highest BCUT2D eigenvalue weighted by Gasteiger charge is 2.30. The fraction of sp³-hybridized carbons (Fsp3) is 0.581. The molecule has 0 aromatic carbocycles. The normalized spacial score (nSPS) is 17.6. The van der Waals surface area contributed by atoms with Crippen LogP contribution in [0.15, 0.2) is 53.4 Å². The highest BCUT2D eigenvalue weighted by molar-refractivity contribution is 5.50. The lowest BCUT2D eigenvalue weighted by atomic mass is 9.80. The summed E-state index contributed by atoms with van der Waals surface area (Å²) in [5, 5.41) is 0. The van der Waals surface area contributed by atoms with Crippen molar-refractivity contribution in [2.45, 2.75) is 93.9 Å². The van der Waals surface area contributed by atoms with Gasteiger partial charge in [0.05, 0.1) is 0 Å². The van der Waals surface area contributed by atoms with Gasteiger partial charge in [0.1, 0.15) is 7.05 Å². The Kier molecular flexibility index (Phi) is 7.35. The Balaban J connectivity index is 2.58. The van der Waals surface area contributed by atoms with Crippen molar-refractivity contribution in [2.24, 2.45) is 17.9 Å². The molecular formula is C31H49N2+. The zero-order valence-electron chi connectivity index (χ0n) is 23.9. The Morgan fingerprint density at radius 1 is 0.727 bits per heavy atom. The molecule has 1 aliphatic heterocycles. The van der Waals surface area contributed by atoms with Crippen LogP contribution in [-0.2, 0) is 17.9 Å². The largest absolute Gasteiger partial charge is 0.348 e. The van der Waals surface area contributed by atoms with Crippen molar-refractivity contribution in [2.75, 3.05) is 7.05 Å². The molecule has 0 fully saturated rings. The monoisotopic (exact) mass is 449 g/mol. The summed E-state index contributed by atoms with van der Waals surface area (Å²) in [6, 6.07) is 4.72. The smallest absolute Gasteiger partial charge is 0.205 e. The predicted octanol–water partition coefficient (Wildman–Crippen LogP) is 7.85. The fourth-order valence-electron chi connectivity index (χ4n) is 4.23. The molecule has 1 aromatic rings. The Morgan fingerprint density at radius 2 is 1.30 bits per heavy atom. The number of pyridine rings is 1. The third-order valence-electron chi connectivity index (χ3n) is 6.49. The second kappa shape index (κ2) is 8.93. The molecule has 0 saturated carbocycles. The molecule has 0 aliphatic carbocycles. The summed E-state index contributed by atoms with van der Waals surface area (Å²) in [5.74, 6) is 0. The van der Waals surface area contributed by atoms with E-state index < -0.39 is 0 Å². The molecule has 0 spiro atoms. The van der Waals surface area contributed by atoms with Crippen molar-refractivity contribution in [3.63, 3.8) is 0 Å². The van der Waals surface area contributed by atoms with E-state index in [1.165, 1.54) is 33.9 Å². The molecule has 0 saturated heterocycles. The Morgan fingerprint density at radius 3 is 1.76 bits per heavy atom. The third-order valence-corrected chi connectivity index (χ3v) is 6.49. The van der Waals surface area contributed by atoms with Gasteiger partial charge in [0.2, 0.25) is 5.69 Å². The first-order chi connectivity index (χ1) is 14.7. The minimum Gasteiger partial charge on any atom is -0.348 e. The molecule has 2 heterocycles. The first kappa shape index (κ1) is 27.2. The number of hydrogen-bond acceptors (Lipinski definition) is 1. The van der Waals surface area contributed by atoms with Gasteiger partial charge < -0.3 is 4.90 Å². The molecule has 2 heteroatoms. The van der Waals surface area contributed by atoms with Gasteiger partial charge in [0.25, 0.3) is 0 Å². The van der Waals surface area contributed by atoms with Gasteiger partial charge in [-0.05, 0) is 40.2 Å². The summed E-state index contributed by atoms with van der Waals surface area (Å²) in [4.78, 5) is 2.34. The maximum atomic E-state index is 2.38. The van der Waals surface area contributed by atoms with E-state index in [9.17, 15) is 0 Å². The van der Waals surface area contributed by atoms with Crippen LogP contribution in [0, 0.1) is 10.8 Å². The number of aromatic nitrogens is 1. The molecule has 2 rings (SSSR count). The number of rotatable bonds is 2. The average Bonchev–Trinajstić information content (AvgIpc) is 2.60. The van der Waals surface area contributed by atoms with Gasteiger partial charge in [-0.15, -0.1) is 0 Å². The Hall–Kier alpha value is -2.09. The van der Waals surface area contributed by atoms with Crippen LogP contribution in [0.5, 0.6) is 0 Å². The van der Waals surface area contributed by atoms with Crippen LogP contribution in [0.1, 0.15) is 100 Å². The fourth-order valence-corrected chi connectivity index (χ4v) is 4.23. The quantitative estimate of drug-likeness (QED) is 0.417. The Labute approximate surface area is 204 Å². The van der Waals surface area contributed by atoms with E-state index >= 15 is 0 Å². The Bertz CT molecular complexity index is 1000. The molecular weight excluding hydrogens is 400 g/mol. The van der Waals surface area contributed by atoms with E-state index in [0.717, 1.165) is 0 Å². The number of nitrogens with zero attached hydrogens (tertiary/aromatic N) is 2. The standard InChI is InChI=1S/C31H49N2/c1-28(2,3)22-18-24(32(13)26(20-22)30(7,8)9)16-15-17-25-19-23(29(4,5)6)21-27(33(25)14)31(10,11)12/h15-21H,1-14H3/q+1. The van der Waals surface area contributed by atoms with Gasteiger partial charge in [-0.2, -0.15) is 4.57 Å². The van der Waals surface area contributed by atoms with E-state index in [1.54, 1.807) is 0 Å². The highest BCUT2D eigenvalue weighted by atomic mass is 15.1. The van der Waals surface area contributed by atoms with Crippen LogP contribution in [0.3, 0.4) is 0 Å². The lowest BCUT2D eigenvalue weighted by Crippen LogP contribution is -2.43. The van der Waals surface area contributed by atoms with Crippen molar-refractivity contribution >= 4 is 6.08 Å². The van der Waals surface area contributed by atoms with Gasteiger partial charge in [-0.3, -0.25) is 0 Å². The van der Waals surface area contributed by atoms with E-state index in [-0.39, 0.29) is 21.7 Å². The van der Waals surface area contributed by atoms with Crippen LogP contribution in [-0.4, -0.2) is 11.9 Å². The van der Waals surface area contributed by atoms with Gasteiger partial charge in [-0.25, -0.2) is 0 Å². The van der Waals surface area contributed by atoms with E-state index in [2.05, 4.69) is 149 Å². The van der Waals surface area contributed by atoms with Crippen LogP contribution < -0.4 is 4.57 Å². The molecule has 0 bridgehead atoms. The topological polar surface area (TPSA) is 7.12 Å². The summed E-state index contributed by atoms with van der Waals surface area (Å²) >= 11 is 0. The second-order valence-corrected chi connectivity index (χ2v) is 13.8. The summed E-state index contributed by atoms with van der Waals surface area (Å²) in [6.07, 6.45) is 11.4. The van der Waals surface area contributed by atoms with Gasteiger partial charge in [-0.1, -0.05) is 89.2 Å². The summed E-state index contributed by atoms with van der Waals surface area (Å²) in [6.45, 7) is 27.5. The van der Waals surface area contributed by atoms with E-state index in [0.29, 0.717) is 0 Å². The summed E-state index contributed by atoms with van der Waals surface area (Å²) < 4.78 is 2.34. The van der Waals surface area contributed by atoms with E-state index in [1.807, 2.05) is 0 Å². The maximum absolute atomic E-state index is 2.38. The van der Waals surface area contributed by atoms with Crippen molar-refractivity contribution in [1.29, 1.82) is 0 Å². The molecule has 0 amide bonds. The van der Waals surface area contributed by atoms with Crippen LogP contribution >= 0.6 is 0 Å². The van der Waals surface area contributed by atoms with Crippen molar-refractivity contribution in [3.8, 4) is 0 Å². The molecule has 0 atom stereocenters. The van der Waals surface area contributed by atoms with Crippen LogP contribution in [0.2, 0.25) is 0 Å². The number of likely N-dealkylation sites (N-methyl/N-ethyl adjacent to an activating group) is 1.